The third-order valence-electron chi connectivity index (χ3n) is 15.3. The maximum atomic E-state index is 2.75. The van der Waals surface area contributed by atoms with Gasteiger partial charge in [-0.25, -0.2) is 0 Å². The average molecular weight is 842 g/mol. The molecular weight excluding hydrogens is 787 g/mol. The number of para-hydroxylation sites is 2. The van der Waals surface area contributed by atoms with Crippen LogP contribution >= 0.6 is 0 Å². The zero-order valence-electron chi connectivity index (χ0n) is 38.3. The van der Waals surface area contributed by atoms with Gasteiger partial charge in [0.25, 0.3) is 0 Å². The molecule has 8 aromatic rings. The summed E-state index contributed by atoms with van der Waals surface area (Å²) in [4.78, 5) is 4.72. The van der Waals surface area contributed by atoms with Crippen LogP contribution in [-0.2, 0) is 5.41 Å². The number of aryl methyl sites for hydroxylation is 2. The molecule has 0 spiro atoms. The third kappa shape index (κ3) is 6.16. The van der Waals surface area contributed by atoms with Gasteiger partial charge >= 0.3 is 0 Å². The van der Waals surface area contributed by atoms with Gasteiger partial charge in [-0.2, -0.15) is 0 Å². The van der Waals surface area contributed by atoms with Crippen molar-refractivity contribution >= 4 is 62.4 Å². The summed E-state index contributed by atoms with van der Waals surface area (Å²) in [5.41, 5.74) is 20.6. The summed E-state index contributed by atoms with van der Waals surface area (Å²) < 4.78 is 2.75. The Hall–Kier alpha value is -7.10. The van der Waals surface area contributed by atoms with E-state index < -0.39 is 0 Å². The van der Waals surface area contributed by atoms with Crippen molar-refractivity contribution in [3.05, 3.63) is 220 Å². The average Bonchev–Trinajstić information content (AvgIpc) is 3.66. The Kier molecular flexibility index (Phi) is 8.94. The molecule has 2 atom stereocenters. The number of fused-ring (bicyclic) bond motifs is 1. The Bertz CT molecular complexity index is 3350. The normalized spacial score (nSPS) is 18.4. The molecule has 0 saturated heterocycles. The van der Waals surface area contributed by atoms with E-state index in [1.54, 1.807) is 5.57 Å². The lowest BCUT2D eigenvalue weighted by Crippen LogP contribution is -2.49. The van der Waals surface area contributed by atoms with E-state index in [0.717, 1.165) is 47.0 Å². The Balaban J connectivity index is 1.01. The van der Waals surface area contributed by atoms with Gasteiger partial charge in [-0.3, -0.25) is 0 Å². The van der Waals surface area contributed by atoms with Crippen LogP contribution in [0.2, 0.25) is 0 Å². The summed E-state index contributed by atoms with van der Waals surface area (Å²) in [5.74, 6) is 0.675. The lowest BCUT2D eigenvalue weighted by Gasteiger charge is -2.49. The minimum atomic E-state index is -0.157. The first-order chi connectivity index (χ1) is 31.6. The second-order valence-electron chi connectivity index (χ2n) is 20.0. The highest BCUT2D eigenvalue weighted by molar-refractivity contribution is 5.98. The molecule has 2 aliphatic carbocycles. The highest BCUT2D eigenvalue weighted by Gasteiger charge is 2.49. The molecule has 0 fully saturated rings. The zero-order chi connectivity index (χ0) is 44.2. The first-order valence-electron chi connectivity index (χ1n) is 23.5. The predicted octanol–water partition coefficient (Wildman–Crippen LogP) is 15.1. The molecule has 0 bridgehead atoms. The molecular formula is C62H55N3. The molecule has 7 aromatic carbocycles. The minimum absolute atomic E-state index is 0.000784. The molecule has 3 heteroatoms. The summed E-state index contributed by atoms with van der Waals surface area (Å²) in [7, 11) is 0. The molecule has 0 saturated carbocycles. The van der Waals surface area contributed by atoms with Gasteiger partial charge in [0.2, 0.25) is 0 Å². The molecule has 1 aromatic heterocycles. The summed E-state index contributed by atoms with van der Waals surface area (Å²) in [6.45, 7) is 14.3. The van der Waals surface area contributed by atoms with Crippen molar-refractivity contribution in [2.45, 2.75) is 65.7 Å². The van der Waals surface area contributed by atoms with Gasteiger partial charge in [0.05, 0.1) is 10.9 Å². The quantitative estimate of drug-likeness (QED) is 0.151. The van der Waals surface area contributed by atoms with Crippen molar-refractivity contribution in [1.82, 2.24) is 4.57 Å². The van der Waals surface area contributed by atoms with Gasteiger partial charge in [-0.1, -0.05) is 142 Å². The van der Waals surface area contributed by atoms with Crippen LogP contribution in [0.15, 0.2) is 188 Å². The summed E-state index contributed by atoms with van der Waals surface area (Å²) in [5, 5.41) is 4.23. The number of rotatable bonds is 8. The first-order valence-corrected chi connectivity index (χ1v) is 23.5. The SMILES string of the molecule is Cc1ccc(N(c2ccccc2)c2ccc(-c3cc4c5c(c3)c3c6n5C5=C(C=CCC5C(C)(C)C=6CC(c5ccc(N(c6ccccc6)c6ccc(C)cc6)cc5)C=3)C4(C)C)cc2)cc1. The molecule has 4 aliphatic rings. The van der Waals surface area contributed by atoms with E-state index in [0.29, 0.717) is 5.92 Å². The molecule has 3 heterocycles. The number of anilines is 6. The summed E-state index contributed by atoms with van der Waals surface area (Å²) >= 11 is 0. The number of benzene rings is 7. The van der Waals surface area contributed by atoms with Crippen molar-refractivity contribution in [3.8, 4) is 11.1 Å². The van der Waals surface area contributed by atoms with Gasteiger partial charge in [-0.05, 0) is 150 Å². The molecule has 65 heavy (non-hydrogen) atoms. The van der Waals surface area contributed by atoms with E-state index in [2.05, 4.69) is 244 Å². The highest BCUT2D eigenvalue weighted by Crippen LogP contribution is 2.57. The summed E-state index contributed by atoms with van der Waals surface area (Å²) in [6, 6.07) is 62.9. The highest BCUT2D eigenvalue weighted by atomic mass is 15.1. The molecule has 318 valence electrons. The lowest BCUT2D eigenvalue weighted by molar-refractivity contribution is 0.331. The Morgan fingerprint density at radius 3 is 1.62 bits per heavy atom. The van der Waals surface area contributed by atoms with Gasteiger partial charge in [-0.15, -0.1) is 0 Å². The maximum Gasteiger partial charge on any atom is 0.0579 e. The van der Waals surface area contributed by atoms with Crippen LogP contribution in [0, 0.1) is 25.2 Å². The largest absolute Gasteiger partial charge is 0.312 e. The van der Waals surface area contributed by atoms with E-state index in [-0.39, 0.29) is 16.7 Å². The molecule has 0 amide bonds. The topological polar surface area (TPSA) is 11.4 Å². The van der Waals surface area contributed by atoms with Crippen molar-refractivity contribution in [3.63, 3.8) is 0 Å². The molecule has 0 N–H and O–H groups in total. The van der Waals surface area contributed by atoms with E-state index in [9.17, 15) is 0 Å². The smallest absolute Gasteiger partial charge is 0.0579 e. The van der Waals surface area contributed by atoms with Gasteiger partial charge < -0.3 is 14.4 Å². The minimum Gasteiger partial charge on any atom is -0.312 e. The van der Waals surface area contributed by atoms with Gasteiger partial charge in [0, 0.05) is 67.7 Å². The Morgan fingerprint density at radius 1 is 0.554 bits per heavy atom. The number of aromatic nitrogens is 1. The monoisotopic (exact) mass is 841 g/mol. The Labute approximate surface area is 383 Å². The van der Waals surface area contributed by atoms with Crippen LogP contribution in [0.1, 0.15) is 68.7 Å². The molecule has 3 nitrogen and oxygen atoms in total. The standard InChI is InChI=1S/C62H55N3/c1-40-20-28-48(29-21-40)63(46-14-9-7-10-15-46)50-32-24-42(25-33-50)44-36-52-53-37-45(43-26-34-51(35-27-43)64(47-16-11-8-12-17-47)49-30-22-41(2)23-31-49)39-57-59(53)65-58(52)56(38-44)61(3,4)54-18-13-19-55(60(54)65)62(57,5)6/h7-18,20-38,45,55H,19,39H2,1-6H3. The predicted molar refractivity (Wildman–Crippen MR) is 274 cm³/mol. The van der Waals surface area contributed by atoms with Gasteiger partial charge in [0.1, 0.15) is 0 Å². The van der Waals surface area contributed by atoms with E-state index in [4.69, 9.17) is 0 Å². The summed E-state index contributed by atoms with van der Waals surface area (Å²) in [6.07, 6.45) is 9.65. The Morgan fingerprint density at radius 2 is 1.06 bits per heavy atom. The van der Waals surface area contributed by atoms with Crippen LogP contribution in [0.3, 0.4) is 0 Å². The fourth-order valence-corrected chi connectivity index (χ4v) is 11.8. The van der Waals surface area contributed by atoms with Crippen LogP contribution in [0.5, 0.6) is 0 Å². The second kappa shape index (κ2) is 14.7. The number of hydrogen-bond donors (Lipinski definition) is 0. The van der Waals surface area contributed by atoms with Crippen LogP contribution < -0.4 is 20.4 Å². The molecule has 0 radical (unpaired) electrons. The lowest BCUT2D eigenvalue weighted by atomic mass is 9.60. The van der Waals surface area contributed by atoms with Crippen molar-refractivity contribution in [2.75, 3.05) is 9.80 Å². The first kappa shape index (κ1) is 39.5. The fourth-order valence-electron chi connectivity index (χ4n) is 11.8. The molecule has 12 rings (SSSR count). The number of hydrogen-bond acceptors (Lipinski definition) is 2. The van der Waals surface area contributed by atoms with Crippen LogP contribution in [0.4, 0.5) is 34.1 Å². The van der Waals surface area contributed by atoms with Crippen LogP contribution in [-0.4, -0.2) is 4.57 Å². The molecule has 2 unspecified atom stereocenters. The zero-order valence-corrected chi connectivity index (χ0v) is 38.3. The van der Waals surface area contributed by atoms with E-state index in [1.807, 2.05) is 0 Å². The van der Waals surface area contributed by atoms with E-state index in [1.165, 1.54) is 66.1 Å². The fraction of sp³-hybridized carbons (Fsp3) is 0.194. The van der Waals surface area contributed by atoms with Crippen molar-refractivity contribution in [2.24, 2.45) is 11.3 Å². The maximum absolute atomic E-state index is 2.75. The number of nitrogens with zero attached hydrogens (tertiary/aromatic N) is 3. The van der Waals surface area contributed by atoms with Crippen molar-refractivity contribution in [1.29, 1.82) is 0 Å². The van der Waals surface area contributed by atoms with Gasteiger partial charge in [0.15, 0.2) is 0 Å². The second-order valence-corrected chi connectivity index (χ2v) is 20.0. The molecule has 2 aliphatic heterocycles. The van der Waals surface area contributed by atoms with Crippen molar-refractivity contribution < 1.29 is 0 Å². The van der Waals surface area contributed by atoms with Crippen LogP contribution in [0.25, 0.3) is 39.4 Å². The third-order valence-corrected chi connectivity index (χ3v) is 15.3. The van der Waals surface area contributed by atoms with E-state index >= 15 is 0 Å². The number of allylic oxidation sites excluding steroid dienone is 4.